The van der Waals surface area contributed by atoms with Crippen LogP contribution in [0.4, 0.5) is 8.78 Å². The van der Waals surface area contributed by atoms with Gasteiger partial charge in [0.15, 0.2) is 0 Å². The molecule has 0 spiro atoms. The molecule has 3 aromatic rings. The van der Waals surface area contributed by atoms with E-state index in [0.717, 1.165) is 10.6 Å². The maximum atomic E-state index is 13.5. The topological polar surface area (TPSA) is 84.0 Å². The largest absolute Gasteiger partial charge is 0.354 e. The van der Waals surface area contributed by atoms with Gasteiger partial charge in [0.25, 0.3) is 0 Å². The third-order valence-electron chi connectivity index (χ3n) is 3.90. The molecule has 0 bridgehead atoms. The summed E-state index contributed by atoms with van der Waals surface area (Å²) in [6.07, 6.45) is -0.136. The van der Waals surface area contributed by atoms with Crippen molar-refractivity contribution in [2.75, 3.05) is 6.54 Å². The fourth-order valence-corrected chi connectivity index (χ4v) is 2.66. The van der Waals surface area contributed by atoms with Crippen LogP contribution in [-0.2, 0) is 17.8 Å². The minimum absolute atomic E-state index is 0.0217. The highest BCUT2D eigenvalue weighted by atomic mass is 19.1. The Morgan fingerprint density at radius 1 is 1.12 bits per heavy atom. The quantitative estimate of drug-likeness (QED) is 0.674. The van der Waals surface area contributed by atoms with Gasteiger partial charge in [0.05, 0.1) is 17.5 Å². The fourth-order valence-electron chi connectivity index (χ4n) is 2.66. The van der Waals surface area contributed by atoms with Crippen molar-refractivity contribution in [3.8, 4) is 0 Å². The summed E-state index contributed by atoms with van der Waals surface area (Å²) in [4.78, 5) is 38.0. The monoisotopic (exact) mass is 359 g/mol. The molecule has 134 valence electrons. The fraction of sp³-hybridized carbons (Fsp3) is 0.167. The Morgan fingerprint density at radius 3 is 2.65 bits per heavy atom. The summed E-state index contributed by atoms with van der Waals surface area (Å²) in [6.45, 7) is 0.0804. The molecular weight excluding hydrogens is 344 g/mol. The molecule has 0 saturated heterocycles. The van der Waals surface area contributed by atoms with E-state index in [-0.39, 0.29) is 30.6 Å². The highest BCUT2D eigenvalue weighted by Crippen LogP contribution is 2.10. The minimum atomic E-state index is -0.874. The van der Waals surface area contributed by atoms with Crippen LogP contribution in [0.3, 0.4) is 0 Å². The van der Waals surface area contributed by atoms with Gasteiger partial charge in [0, 0.05) is 13.1 Å². The second-order valence-corrected chi connectivity index (χ2v) is 5.69. The summed E-state index contributed by atoms with van der Waals surface area (Å²) < 4.78 is 28.0. The van der Waals surface area contributed by atoms with E-state index in [4.69, 9.17) is 0 Å². The number of H-pyrrole nitrogens is 1. The molecule has 0 unspecified atom stereocenters. The highest BCUT2D eigenvalue weighted by molar-refractivity contribution is 5.78. The smallest absolute Gasteiger partial charge is 0.316 e. The second kappa shape index (κ2) is 7.30. The van der Waals surface area contributed by atoms with Gasteiger partial charge in [0.2, 0.25) is 5.91 Å². The number of amides is 1. The molecular formula is C18H15F2N3O3. The molecule has 1 amide bonds. The Kier molecular flexibility index (Phi) is 4.92. The summed E-state index contributed by atoms with van der Waals surface area (Å²) in [5.41, 5.74) is -0.876. The maximum absolute atomic E-state index is 13.5. The van der Waals surface area contributed by atoms with E-state index in [1.54, 1.807) is 6.07 Å². The predicted molar refractivity (Wildman–Crippen MR) is 91.9 cm³/mol. The van der Waals surface area contributed by atoms with Crippen LogP contribution in [-0.4, -0.2) is 22.0 Å². The van der Waals surface area contributed by atoms with Crippen molar-refractivity contribution in [3.63, 3.8) is 0 Å². The summed E-state index contributed by atoms with van der Waals surface area (Å²) in [5.74, 6) is -1.43. The van der Waals surface area contributed by atoms with Crippen molar-refractivity contribution in [2.24, 2.45) is 0 Å². The zero-order chi connectivity index (χ0) is 18.7. The first-order valence-corrected chi connectivity index (χ1v) is 7.88. The first-order valence-electron chi connectivity index (χ1n) is 7.88. The van der Waals surface area contributed by atoms with Crippen molar-refractivity contribution in [2.45, 2.75) is 13.0 Å². The molecule has 0 saturated carbocycles. The van der Waals surface area contributed by atoms with Crippen molar-refractivity contribution in [1.29, 1.82) is 0 Å². The van der Waals surface area contributed by atoms with E-state index in [0.29, 0.717) is 5.52 Å². The average molecular weight is 359 g/mol. The summed E-state index contributed by atoms with van der Waals surface area (Å²) in [6, 6.07) is 9.61. The van der Waals surface area contributed by atoms with E-state index < -0.39 is 28.7 Å². The van der Waals surface area contributed by atoms with E-state index in [9.17, 15) is 23.2 Å². The number of nitrogens with zero attached hydrogens (tertiary/aromatic N) is 1. The molecule has 6 nitrogen and oxygen atoms in total. The second-order valence-electron chi connectivity index (χ2n) is 5.69. The number of carbonyl (C=O) groups excluding carboxylic acids is 1. The van der Waals surface area contributed by atoms with E-state index >= 15 is 0 Å². The zero-order valence-corrected chi connectivity index (χ0v) is 13.6. The summed E-state index contributed by atoms with van der Waals surface area (Å²) >= 11 is 0. The molecule has 0 atom stereocenters. The lowest BCUT2D eigenvalue weighted by Gasteiger charge is -2.11. The summed E-state index contributed by atoms with van der Waals surface area (Å²) in [5, 5.41) is 2.58. The van der Waals surface area contributed by atoms with Crippen molar-refractivity contribution in [3.05, 3.63) is 80.4 Å². The predicted octanol–water partition coefficient (Wildman–Crippen LogP) is 1.33. The third-order valence-corrected chi connectivity index (χ3v) is 3.90. The molecule has 26 heavy (non-hydrogen) atoms. The number of fused-ring (bicyclic) bond motifs is 1. The first-order chi connectivity index (χ1) is 12.5. The SMILES string of the molecule is O=C(Cc1ccccc1F)NCCn1c(=O)c(=O)[nH]c2cc(F)ccc21. The van der Waals surface area contributed by atoms with E-state index in [1.165, 1.54) is 30.3 Å². The van der Waals surface area contributed by atoms with Gasteiger partial charge in [-0.05, 0) is 29.8 Å². The molecule has 1 heterocycles. The lowest BCUT2D eigenvalue weighted by atomic mass is 10.1. The lowest BCUT2D eigenvalue weighted by molar-refractivity contribution is -0.120. The molecule has 2 aromatic carbocycles. The van der Waals surface area contributed by atoms with Gasteiger partial charge in [-0.15, -0.1) is 0 Å². The molecule has 0 aliphatic heterocycles. The number of aromatic amines is 1. The maximum Gasteiger partial charge on any atom is 0.316 e. The van der Waals surface area contributed by atoms with Gasteiger partial charge >= 0.3 is 11.1 Å². The van der Waals surface area contributed by atoms with Crippen LogP contribution in [0.25, 0.3) is 11.0 Å². The van der Waals surface area contributed by atoms with Crippen LogP contribution in [0.15, 0.2) is 52.1 Å². The van der Waals surface area contributed by atoms with Gasteiger partial charge in [-0.25, -0.2) is 8.78 Å². The standard InChI is InChI=1S/C18H15F2N3O3/c19-12-5-6-15-14(10-12)22-17(25)18(26)23(15)8-7-21-16(24)9-11-3-1-2-4-13(11)20/h1-6,10H,7-9H2,(H,21,24)(H,22,25). The molecule has 0 radical (unpaired) electrons. The van der Waals surface area contributed by atoms with Gasteiger partial charge in [-0.2, -0.15) is 0 Å². The van der Waals surface area contributed by atoms with Crippen LogP contribution >= 0.6 is 0 Å². The van der Waals surface area contributed by atoms with Gasteiger partial charge in [-0.1, -0.05) is 18.2 Å². The average Bonchev–Trinajstić information content (AvgIpc) is 2.60. The third kappa shape index (κ3) is 3.69. The Bertz CT molecular complexity index is 1090. The Balaban J connectivity index is 1.73. The van der Waals surface area contributed by atoms with Crippen LogP contribution in [0, 0.1) is 11.6 Å². The number of hydrogen-bond acceptors (Lipinski definition) is 3. The number of carbonyl (C=O) groups is 1. The Labute approximate surface area is 146 Å². The van der Waals surface area contributed by atoms with Crippen molar-refractivity contribution >= 4 is 16.9 Å². The minimum Gasteiger partial charge on any atom is -0.354 e. The Hall–Kier alpha value is -3.29. The molecule has 0 fully saturated rings. The number of rotatable bonds is 5. The summed E-state index contributed by atoms with van der Waals surface area (Å²) in [7, 11) is 0. The van der Waals surface area contributed by atoms with Gasteiger partial charge in [-0.3, -0.25) is 14.4 Å². The van der Waals surface area contributed by atoms with E-state index in [1.807, 2.05) is 0 Å². The molecule has 0 aliphatic rings. The number of halogens is 2. The number of nitrogens with one attached hydrogen (secondary N) is 2. The number of aromatic nitrogens is 2. The number of benzene rings is 2. The normalized spacial score (nSPS) is 10.8. The van der Waals surface area contributed by atoms with Crippen LogP contribution < -0.4 is 16.4 Å². The van der Waals surface area contributed by atoms with Crippen molar-refractivity contribution in [1.82, 2.24) is 14.9 Å². The first kappa shape index (κ1) is 17.5. The molecule has 8 heteroatoms. The lowest BCUT2D eigenvalue weighted by Crippen LogP contribution is -2.39. The van der Waals surface area contributed by atoms with Gasteiger partial charge in [0.1, 0.15) is 11.6 Å². The van der Waals surface area contributed by atoms with Crippen LogP contribution in [0.1, 0.15) is 5.56 Å². The molecule has 3 rings (SSSR count). The zero-order valence-electron chi connectivity index (χ0n) is 13.6. The Morgan fingerprint density at radius 2 is 1.88 bits per heavy atom. The molecule has 1 aromatic heterocycles. The van der Waals surface area contributed by atoms with Crippen molar-refractivity contribution < 1.29 is 13.6 Å². The molecule has 2 N–H and O–H groups in total. The van der Waals surface area contributed by atoms with Crippen LogP contribution in [0.2, 0.25) is 0 Å². The van der Waals surface area contributed by atoms with Crippen LogP contribution in [0.5, 0.6) is 0 Å². The molecule has 0 aliphatic carbocycles. The number of hydrogen-bond donors (Lipinski definition) is 2. The van der Waals surface area contributed by atoms with E-state index in [2.05, 4.69) is 10.3 Å². The highest BCUT2D eigenvalue weighted by Gasteiger charge is 2.10. The van der Waals surface area contributed by atoms with Gasteiger partial charge < -0.3 is 14.9 Å².